The lowest BCUT2D eigenvalue weighted by Gasteiger charge is -2.08. The Hall–Kier alpha value is -1.36. The lowest BCUT2D eigenvalue weighted by molar-refractivity contribution is 0.0733. The van der Waals surface area contributed by atoms with Crippen molar-refractivity contribution in [1.82, 2.24) is 0 Å². The maximum Gasteiger partial charge on any atom is 0.344 e. The first-order chi connectivity index (χ1) is 9.08. The first-order valence-corrected chi connectivity index (χ1v) is 7.22. The number of ether oxygens (including phenoxy) is 1. The predicted molar refractivity (Wildman–Crippen MR) is 84.6 cm³/mol. The van der Waals surface area contributed by atoms with Gasteiger partial charge in [0.15, 0.2) is 0 Å². The van der Waals surface area contributed by atoms with Gasteiger partial charge in [-0.25, -0.2) is 4.79 Å². The summed E-state index contributed by atoms with van der Waals surface area (Å²) in [5, 5.41) is 0. The number of rotatable bonds is 3. The molecular weight excluding hydrogens is 351 g/mol. The van der Waals surface area contributed by atoms with Crippen LogP contribution >= 0.6 is 22.6 Å². The van der Waals surface area contributed by atoms with E-state index >= 15 is 0 Å². The van der Waals surface area contributed by atoms with E-state index in [1.165, 1.54) is 5.56 Å². The highest BCUT2D eigenvalue weighted by Gasteiger charge is 2.11. The fourth-order valence-corrected chi connectivity index (χ4v) is 2.32. The van der Waals surface area contributed by atoms with Gasteiger partial charge in [0.25, 0.3) is 0 Å². The molecule has 0 aromatic heterocycles. The highest BCUT2D eigenvalue weighted by molar-refractivity contribution is 14.1. The largest absolute Gasteiger partial charge is 0.423 e. The average molecular weight is 366 g/mol. The average Bonchev–Trinajstić information content (AvgIpc) is 2.39. The molecule has 98 valence electrons. The van der Waals surface area contributed by atoms with E-state index in [4.69, 9.17) is 4.74 Å². The van der Waals surface area contributed by atoms with E-state index in [0.717, 1.165) is 3.57 Å². The van der Waals surface area contributed by atoms with Gasteiger partial charge >= 0.3 is 5.97 Å². The molecule has 0 aliphatic heterocycles. The molecule has 0 heterocycles. The maximum atomic E-state index is 12.0. The molecule has 0 saturated carbocycles. The minimum absolute atomic E-state index is 0.317. The van der Waals surface area contributed by atoms with E-state index in [2.05, 4.69) is 36.4 Å². The fourth-order valence-electron chi connectivity index (χ4n) is 1.71. The van der Waals surface area contributed by atoms with Gasteiger partial charge in [-0.2, -0.15) is 0 Å². The molecule has 0 spiro atoms. The van der Waals surface area contributed by atoms with Gasteiger partial charge in [0.2, 0.25) is 0 Å². The molecule has 0 atom stereocenters. The Bertz CT molecular complexity index is 574. The van der Waals surface area contributed by atoms with Crippen LogP contribution in [-0.2, 0) is 0 Å². The molecule has 3 heteroatoms. The number of carbonyl (C=O) groups is 1. The summed E-state index contributed by atoms with van der Waals surface area (Å²) in [6.07, 6.45) is 0. The summed E-state index contributed by atoms with van der Waals surface area (Å²) >= 11 is 2.13. The molecule has 2 nitrogen and oxygen atoms in total. The molecule has 2 rings (SSSR count). The topological polar surface area (TPSA) is 26.3 Å². The lowest BCUT2D eigenvalue weighted by Crippen LogP contribution is -2.10. The van der Waals surface area contributed by atoms with E-state index in [-0.39, 0.29) is 5.97 Å². The van der Waals surface area contributed by atoms with Crippen LogP contribution in [-0.4, -0.2) is 5.97 Å². The number of carbonyl (C=O) groups excluding carboxylic acids is 1. The van der Waals surface area contributed by atoms with Gasteiger partial charge in [-0.15, -0.1) is 0 Å². The van der Waals surface area contributed by atoms with Crippen LogP contribution in [0.4, 0.5) is 0 Å². The SMILES string of the molecule is CC(C)c1ccc(OC(=O)c2ccccc2I)cc1. The van der Waals surface area contributed by atoms with Crippen LogP contribution in [0, 0.1) is 3.57 Å². The van der Waals surface area contributed by atoms with Crippen LogP contribution in [0.15, 0.2) is 48.5 Å². The van der Waals surface area contributed by atoms with Gasteiger partial charge < -0.3 is 4.74 Å². The molecule has 19 heavy (non-hydrogen) atoms. The maximum absolute atomic E-state index is 12.0. The highest BCUT2D eigenvalue weighted by Crippen LogP contribution is 2.20. The summed E-state index contributed by atoms with van der Waals surface area (Å²) in [4.78, 5) is 12.0. The lowest BCUT2D eigenvalue weighted by atomic mass is 10.0. The number of hydrogen-bond acceptors (Lipinski definition) is 2. The molecule has 0 bridgehead atoms. The summed E-state index contributed by atoms with van der Waals surface area (Å²) in [6.45, 7) is 4.26. The van der Waals surface area contributed by atoms with Crippen molar-refractivity contribution < 1.29 is 9.53 Å². The van der Waals surface area contributed by atoms with Crippen LogP contribution < -0.4 is 4.74 Å². The fraction of sp³-hybridized carbons (Fsp3) is 0.188. The molecule has 0 amide bonds. The van der Waals surface area contributed by atoms with Crippen LogP contribution in [0.3, 0.4) is 0 Å². The summed E-state index contributed by atoms with van der Waals surface area (Å²) in [7, 11) is 0. The minimum Gasteiger partial charge on any atom is -0.423 e. The van der Waals surface area contributed by atoms with Crippen LogP contribution in [0.5, 0.6) is 5.75 Å². The zero-order valence-electron chi connectivity index (χ0n) is 10.9. The summed E-state index contributed by atoms with van der Waals surface area (Å²) in [6, 6.07) is 15.0. The Morgan fingerprint density at radius 2 is 1.68 bits per heavy atom. The number of halogens is 1. The summed E-state index contributed by atoms with van der Waals surface area (Å²) < 4.78 is 6.26. The molecule has 0 N–H and O–H groups in total. The van der Waals surface area contributed by atoms with Crippen molar-refractivity contribution in [3.8, 4) is 5.75 Å². The van der Waals surface area contributed by atoms with Crippen molar-refractivity contribution >= 4 is 28.6 Å². The minimum atomic E-state index is -0.317. The molecule has 0 unspecified atom stereocenters. The van der Waals surface area contributed by atoms with E-state index in [1.54, 1.807) is 6.07 Å². The second-order valence-electron chi connectivity index (χ2n) is 4.59. The first-order valence-electron chi connectivity index (χ1n) is 6.14. The smallest absolute Gasteiger partial charge is 0.344 e. The van der Waals surface area contributed by atoms with Crippen molar-refractivity contribution in [2.75, 3.05) is 0 Å². The zero-order valence-corrected chi connectivity index (χ0v) is 13.0. The van der Waals surface area contributed by atoms with Crippen LogP contribution in [0.25, 0.3) is 0 Å². The van der Waals surface area contributed by atoms with Gasteiger partial charge in [0, 0.05) is 3.57 Å². The van der Waals surface area contributed by atoms with Gasteiger partial charge in [-0.05, 0) is 58.3 Å². The first kappa shape index (κ1) is 14.1. The molecule has 2 aromatic carbocycles. The van der Waals surface area contributed by atoms with Gasteiger partial charge in [-0.1, -0.05) is 38.1 Å². The quantitative estimate of drug-likeness (QED) is 0.450. The predicted octanol–water partition coefficient (Wildman–Crippen LogP) is 4.63. The standard InChI is InChI=1S/C16H15IO2/c1-11(2)12-7-9-13(10-8-12)19-16(18)14-5-3-4-6-15(14)17/h3-11H,1-2H3. The van der Waals surface area contributed by atoms with E-state index < -0.39 is 0 Å². The molecule has 0 radical (unpaired) electrons. The van der Waals surface area contributed by atoms with Gasteiger partial charge in [0.1, 0.15) is 5.75 Å². The Labute approximate surface area is 126 Å². The number of benzene rings is 2. The third-order valence-corrected chi connectivity index (χ3v) is 3.79. The Morgan fingerprint density at radius 1 is 1.05 bits per heavy atom. The van der Waals surface area contributed by atoms with Crippen LogP contribution in [0.2, 0.25) is 0 Å². The monoisotopic (exact) mass is 366 g/mol. The molecule has 0 aliphatic rings. The zero-order chi connectivity index (χ0) is 13.8. The van der Waals surface area contributed by atoms with E-state index in [1.807, 2.05) is 42.5 Å². The molecular formula is C16H15IO2. The number of esters is 1. The second-order valence-corrected chi connectivity index (χ2v) is 5.76. The highest BCUT2D eigenvalue weighted by atomic mass is 127. The Morgan fingerprint density at radius 3 is 2.26 bits per heavy atom. The van der Waals surface area contributed by atoms with Crippen LogP contribution in [0.1, 0.15) is 35.7 Å². The third kappa shape index (κ3) is 3.56. The van der Waals surface area contributed by atoms with Crippen molar-refractivity contribution in [1.29, 1.82) is 0 Å². The molecule has 0 saturated heterocycles. The molecule has 2 aromatic rings. The summed E-state index contributed by atoms with van der Waals surface area (Å²) in [5.74, 6) is 0.733. The van der Waals surface area contributed by atoms with Crippen molar-refractivity contribution in [3.63, 3.8) is 0 Å². The molecule has 0 aliphatic carbocycles. The van der Waals surface area contributed by atoms with Crippen molar-refractivity contribution in [2.45, 2.75) is 19.8 Å². The van der Waals surface area contributed by atoms with Crippen molar-refractivity contribution in [3.05, 3.63) is 63.2 Å². The third-order valence-electron chi connectivity index (χ3n) is 2.85. The van der Waals surface area contributed by atoms with E-state index in [9.17, 15) is 4.79 Å². The van der Waals surface area contributed by atoms with Gasteiger partial charge in [0.05, 0.1) is 5.56 Å². The van der Waals surface area contributed by atoms with E-state index in [0.29, 0.717) is 17.2 Å². The summed E-state index contributed by atoms with van der Waals surface area (Å²) in [5.41, 5.74) is 1.82. The molecule has 0 fully saturated rings. The Kier molecular flexibility index (Phi) is 4.58. The van der Waals surface area contributed by atoms with Crippen molar-refractivity contribution in [2.24, 2.45) is 0 Å². The Balaban J connectivity index is 2.13. The van der Waals surface area contributed by atoms with Gasteiger partial charge in [-0.3, -0.25) is 0 Å². The normalized spacial score (nSPS) is 10.5. The second kappa shape index (κ2) is 6.19. The number of hydrogen-bond donors (Lipinski definition) is 0.